The lowest BCUT2D eigenvalue weighted by molar-refractivity contribution is -0.398. The fourth-order valence-electron chi connectivity index (χ4n) is 1.98. The number of benzene rings is 2. The number of nitrogens with one attached hydrogen (secondary N) is 1. The maximum atomic E-state index is 11.9. The Hall–Kier alpha value is -3.36. The summed E-state index contributed by atoms with van der Waals surface area (Å²) in [7, 11) is 1.36. The molecule has 0 amide bonds. The number of hydrogen-bond donors (Lipinski definition) is 1. The minimum Gasteiger partial charge on any atom is -0.868 e. The van der Waals surface area contributed by atoms with Crippen LogP contribution in [0.2, 0.25) is 0 Å². The zero-order valence-electron chi connectivity index (χ0n) is 12.0. The first kappa shape index (κ1) is 16.0. The predicted octanol–water partition coefficient (Wildman–Crippen LogP) is 2.20. The number of hydrogen-bond acceptors (Lipinski definition) is 7. The average Bonchev–Trinajstić information content (AvgIpc) is 2.53. The highest BCUT2D eigenvalue weighted by molar-refractivity contribution is 5.61. The van der Waals surface area contributed by atoms with Crippen LogP contribution in [0.25, 0.3) is 0 Å². The number of anilines is 1. The Kier molecular flexibility index (Phi) is 4.60. The Morgan fingerprint density at radius 2 is 1.87 bits per heavy atom. The van der Waals surface area contributed by atoms with Gasteiger partial charge in [-0.1, -0.05) is 12.1 Å². The topological polar surface area (TPSA) is 131 Å². The molecule has 2 aromatic rings. The summed E-state index contributed by atoms with van der Waals surface area (Å²) >= 11 is 0. The second-order valence-electron chi connectivity index (χ2n) is 4.52. The summed E-state index contributed by atoms with van der Waals surface area (Å²) in [5.41, 5.74) is 0.0100. The molecule has 0 atom stereocenters. The molecule has 0 saturated carbocycles. The van der Waals surface area contributed by atoms with Crippen molar-refractivity contribution in [2.75, 3.05) is 12.4 Å². The van der Waals surface area contributed by atoms with Crippen molar-refractivity contribution in [1.82, 2.24) is 0 Å². The van der Waals surface area contributed by atoms with Crippen molar-refractivity contribution in [2.45, 2.75) is 6.54 Å². The second-order valence-corrected chi connectivity index (χ2v) is 4.52. The Balaban J connectivity index is 2.23. The highest BCUT2D eigenvalue weighted by atomic mass is 16.6. The third-order valence-electron chi connectivity index (χ3n) is 3.14. The van der Waals surface area contributed by atoms with E-state index in [1.165, 1.54) is 37.4 Å². The zero-order valence-corrected chi connectivity index (χ0v) is 12.0. The van der Waals surface area contributed by atoms with E-state index in [2.05, 4.69) is 5.32 Å². The van der Waals surface area contributed by atoms with E-state index in [1.54, 1.807) is 0 Å². The molecule has 2 aromatic carbocycles. The van der Waals surface area contributed by atoms with E-state index in [1.807, 2.05) is 0 Å². The first-order chi connectivity index (χ1) is 10.9. The number of non-ortho nitro benzene ring substituents is 1. The monoisotopic (exact) mass is 318 g/mol. The first-order valence-electron chi connectivity index (χ1n) is 6.43. The van der Waals surface area contributed by atoms with Gasteiger partial charge in [-0.15, -0.1) is 0 Å². The van der Waals surface area contributed by atoms with Gasteiger partial charge in [0.1, 0.15) is 5.75 Å². The normalized spacial score (nSPS) is 10.1. The fourth-order valence-corrected chi connectivity index (χ4v) is 1.98. The highest BCUT2D eigenvalue weighted by Gasteiger charge is 2.13. The number of methoxy groups -OCH3 is 1. The van der Waals surface area contributed by atoms with Gasteiger partial charge in [-0.3, -0.25) is 20.2 Å². The molecule has 1 N–H and O–H groups in total. The number of para-hydroxylation sites is 1. The molecule has 0 aliphatic rings. The molecule has 23 heavy (non-hydrogen) atoms. The van der Waals surface area contributed by atoms with Crippen molar-refractivity contribution in [1.29, 1.82) is 0 Å². The summed E-state index contributed by atoms with van der Waals surface area (Å²) < 4.78 is 5.06. The lowest BCUT2D eigenvalue weighted by Gasteiger charge is -2.16. The molecule has 0 saturated heterocycles. The third kappa shape index (κ3) is 3.46. The van der Waals surface area contributed by atoms with Crippen LogP contribution in [0.4, 0.5) is 17.1 Å². The molecule has 2 rings (SSSR count). The van der Waals surface area contributed by atoms with Crippen LogP contribution in [0.1, 0.15) is 5.56 Å². The Morgan fingerprint density at radius 1 is 1.13 bits per heavy atom. The van der Waals surface area contributed by atoms with Gasteiger partial charge in [0.15, 0.2) is 0 Å². The molecule has 0 radical (unpaired) electrons. The lowest BCUT2D eigenvalue weighted by atomic mass is 10.1. The van der Waals surface area contributed by atoms with Gasteiger partial charge in [0.05, 0.1) is 28.7 Å². The van der Waals surface area contributed by atoms with E-state index in [-0.39, 0.29) is 23.5 Å². The van der Waals surface area contributed by atoms with Gasteiger partial charge in [-0.05, 0) is 17.4 Å². The Morgan fingerprint density at radius 3 is 2.48 bits per heavy atom. The van der Waals surface area contributed by atoms with E-state index in [0.29, 0.717) is 5.69 Å². The van der Waals surface area contributed by atoms with Gasteiger partial charge in [0, 0.05) is 18.7 Å². The van der Waals surface area contributed by atoms with Crippen LogP contribution in [-0.4, -0.2) is 17.0 Å². The smallest absolute Gasteiger partial charge is 0.273 e. The summed E-state index contributed by atoms with van der Waals surface area (Å²) in [6, 6.07) is 8.01. The van der Waals surface area contributed by atoms with Gasteiger partial charge in [-0.2, -0.15) is 0 Å². The maximum Gasteiger partial charge on any atom is 0.273 e. The molecule has 0 unspecified atom stereocenters. The molecule has 120 valence electrons. The third-order valence-corrected chi connectivity index (χ3v) is 3.14. The minimum absolute atomic E-state index is 0.0225. The van der Waals surface area contributed by atoms with Crippen molar-refractivity contribution in [2.24, 2.45) is 0 Å². The van der Waals surface area contributed by atoms with Gasteiger partial charge >= 0.3 is 0 Å². The van der Waals surface area contributed by atoms with Gasteiger partial charge in [0.25, 0.3) is 11.4 Å². The molecular weight excluding hydrogens is 306 g/mol. The van der Waals surface area contributed by atoms with Crippen molar-refractivity contribution < 1.29 is 19.7 Å². The van der Waals surface area contributed by atoms with Crippen molar-refractivity contribution in [3.63, 3.8) is 0 Å². The van der Waals surface area contributed by atoms with E-state index in [9.17, 15) is 25.3 Å². The fraction of sp³-hybridized carbons (Fsp3) is 0.143. The highest BCUT2D eigenvalue weighted by Crippen LogP contribution is 2.31. The first-order valence-corrected chi connectivity index (χ1v) is 6.43. The SMILES string of the molecule is COc1cc([N+](=O)[O-])ccc1NCc1cccc([N+](=O)[O-])c1[O-]. The Bertz CT molecular complexity index is 762. The standard InChI is InChI=1S/C14H13N3O6/c1-23-13-7-10(16(19)20)5-6-11(13)15-8-9-3-2-4-12(14(9)18)17(21)22/h2-7,15,18H,8H2,1H3/p-1. The predicted molar refractivity (Wildman–Crippen MR) is 79.5 cm³/mol. The molecule has 9 nitrogen and oxygen atoms in total. The van der Waals surface area contributed by atoms with Crippen LogP contribution >= 0.6 is 0 Å². The summed E-state index contributed by atoms with van der Waals surface area (Å²) in [5.74, 6) is -0.442. The molecule has 0 heterocycles. The lowest BCUT2D eigenvalue weighted by Crippen LogP contribution is -2.07. The molecule has 0 spiro atoms. The average molecular weight is 318 g/mol. The molecule has 0 aromatic heterocycles. The van der Waals surface area contributed by atoms with Crippen molar-refractivity contribution in [3.8, 4) is 11.5 Å². The molecular formula is C14H12N3O6-. The van der Waals surface area contributed by atoms with E-state index in [4.69, 9.17) is 4.74 Å². The quantitative estimate of drug-likeness (QED) is 0.638. The van der Waals surface area contributed by atoms with Crippen LogP contribution in [0.3, 0.4) is 0 Å². The Labute approximate surface area is 130 Å². The summed E-state index contributed by atoms with van der Waals surface area (Å²) in [6.45, 7) is 0.0225. The second kappa shape index (κ2) is 6.60. The number of nitro groups is 2. The van der Waals surface area contributed by atoms with Gasteiger partial charge < -0.3 is 15.2 Å². The minimum atomic E-state index is -0.738. The van der Waals surface area contributed by atoms with Crippen LogP contribution in [-0.2, 0) is 6.54 Å². The van der Waals surface area contributed by atoms with Crippen LogP contribution in [0.5, 0.6) is 11.5 Å². The van der Waals surface area contributed by atoms with Crippen LogP contribution in [0, 0.1) is 20.2 Å². The number of rotatable bonds is 6. The van der Waals surface area contributed by atoms with Crippen LogP contribution < -0.4 is 15.2 Å². The number of nitro benzene ring substituents is 2. The van der Waals surface area contributed by atoms with Gasteiger partial charge in [0.2, 0.25) is 0 Å². The maximum absolute atomic E-state index is 11.9. The summed E-state index contributed by atoms with van der Waals surface area (Å²) in [4.78, 5) is 20.2. The molecule has 9 heteroatoms. The van der Waals surface area contributed by atoms with Crippen LogP contribution in [0.15, 0.2) is 36.4 Å². The molecule has 0 fully saturated rings. The van der Waals surface area contributed by atoms with Crippen molar-refractivity contribution >= 4 is 17.1 Å². The van der Waals surface area contributed by atoms with E-state index < -0.39 is 21.3 Å². The molecule has 0 aliphatic heterocycles. The number of nitrogens with zero attached hydrogens (tertiary/aromatic N) is 2. The molecule has 0 aliphatic carbocycles. The largest absolute Gasteiger partial charge is 0.868 e. The van der Waals surface area contributed by atoms with E-state index >= 15 is 0 Å². The van der Waals surface area contributed by atoms with E-state index in [0.717, 1.165) is 6.07 Å². The zero-order chi connectivity index (χ0) is 17.0. The summed E-state index contributed by atoms with van der Waals surface area (Å²) in [5, 5.41) is 36.3. The summed E-state index contributed by atoms with van der Waals surface area (Å²) in [6.07, 6.45) is 0. The molecule has 0 bridgehead atoms. The van der Waals surface area contributed by atoms with Crippen molar-refractivity contribution in [3.05, 3.63) is 62.2 Å². The number of ether oxygens (including phenoxy) is 1. The van der Waals surface area contributed by atoms with Gasteiger partial charge in [-0.25, -0.2) is 0 Å².